The number of hydrogen-bond acceptors (Lipinski definition) is 2. The van der Waals surface area contributed by atoms with Gasteiger partial charge in [-0.25, -0.2) is 0 Å². The Hall–Kier alpha value is -1.04. The van der Waals surface area contributed by atoms with Crippen molar-refractivity contribution in [1.29, 1.82) is 0 Å². The van der Waals surface area contributed by atoms with E-state index in [-0.39, 0.29) is 25.4 Å². The van der Waals surface area contributed by atoms with Crippen LogP contribution in [0, 0.1) is 0 Å². The molecule has 1 aliphatic heterocycles. The highest BCUT2D eigenvalue weighted by atomic mass is 19.4. The summed E-state index contributed by atoms with van der Waals surface area (Å²) in [5, 5.41) is 3.11. The van der Waals surface area contributed by atoms with E-state index in [1.807, 2.05) is 13.8 Å². The van der Waals surface area contributed by atoms with Crippen molar-refractivity contribution in [3.05, 3.63) is 11.6 Å². The zero-order chi connectivity index (χ0) is 13.8. The lowest BCUT2D eigenvalue weighted by atomic mass is 10.1. The summed E-state index contributed by atoms with van der Waals surface area (Å²) < 4.78 is 37.1. The highest BCUT2D eigenvalue weighted by Gasteiger charge is 2.35. The number of amides is 1. The van der Waals surface area contributed by atoms with Crippen LogP contribution in [-0.4, -0.2) is 42.7 Å². The molecular formula is C12H19F3N2O. The third-order valence-corrected chi connectivity index (χ3v) is 2.82. The molecule has 0 aromatic rings. The SMILES string of the molecule is CC(C)NCCC(=O)N1CC=C(C(F)(F)F)CC1. The predicted octanol–water partition coefficient (Wildman–Crippen LogP) is 2.10. The monoisotopic (exact) mass is 264 g/mol. The highest BCUT2D eigenvalue weighted by Crippen LogP contribution is 2.30. The Bertz CT molecular complexity index is 324. The summed E-state index contributed by atoms with van der Waals surface area (Å²) in [6, 6.07) is 0.302. The van der Waals surface area contributed by atoms with Crippen LogP contribution in [0.25, 0.3) is 0 Å². The number of hydrogen-bond donors (Lipinski definition) is 1. The van der Waals surface area contributed by atoms with Crippen molar-refractivity contribution < 1.29 is 18.0 Å². The van der Waals surface area contributed by atoms with Crippen molar-refractivity contribution >= 4 is 5.91 Å². The Balaban J connectivity index is 2.38. The molecule has 0 aromatic carbocycles. The van der Waals surface area contributed by atoms with Crippen LogP contribution in [0.15, 0.2) is 11.6 Å². The standard InChI is InChI=1S/C12H19F3N2O/c1-9(2)16-6-3-11(18)17-7-4-10(5-8-17)12(13,14)15/h4,9,16H,3,5-8H2,1-2H3. The van der Waals surface area contributed by atoms with E-state index in [9.17, 15) is 18.0 Å². The number of carbonyl (C=O) groups is 1. The Kier molecular flexibility index (Phi) is 5.19. The lowest BCUT2D eigenvalue weighted by Gasteiger charge is -2.27. The molecule has 1 amide bonds. The van der Waals surface area contributed by atoms with Crippen LogP contribution in [0.1, 0.15) is 26.7 Å². The molecule has 0 aliphatic carbocycles. The van der Waals surface area contributed by atoms with Crippen molar-refractivity contribution in [1.82, 2.24) is 10.2 Å². The van der Waals surface area contributed by atoms with Gasteiger partial charge < -0.3 is 10.2 Å². The number of nitrogens with one attached hydrogen (secondary N) is 1. The fourth-order valence-corrected chi connectivity index (χ4v) is 1.78. The molecular weight excluding hydrogens is 245 g/mol. The highest BCUT2D eigenvalue weighted by molar-refractivity contribution is 5.76. The second-order valence-corrected chi connectivity index (χ2v) is 4.68. The van der Waals surface area contributed by atoms with Gasteiger partial charge in [-0.2, -0.15) is 13.2 Å². The molecule has 0 atom stereocenters. The van der Waals surface area contributed by atoms with E-state index in [1.54, 1.807) is 0 Å². The van der Waals surface area contributed by atoms with Crippen LogP contribution in [0.2, 0.25) is 0 Å². The van der Waals surface area contributed by atoms with Gasteiger partial charge in [0.05, 0.1) is 0 Å². The molecule has 1 rings (SSSR count). The minimum absolute atomic E-state index is 0.0648. The van der Waals surface area contributed by atoms with Gasteiger partial charge in [0.15, 0.2) is 0 Å². The average Bonchev–Trinajstić information content (AvgIpc) is 2.27. The van der Waals surface area contributed by atoms with Gasteiger partial charge in [-0.05, 0) is 6.42 Å². The molecule has 0 fully saturated rings. The smallest absolute Gasteiger partial charge is 0.339 e. The number of rotatable bonds is 4. The first kappa shape index (κ1) is 15.0. The summed E-state index contributed by atoms with van der Waals surface area (Å²) in [4.78, 5) is 13.2. The number of carbonyl (C=O) groups excluding carboxylic acids is 1. The van der Waals surface area contributed by atoms with Crippen molar-refractivity contribution in [3.63, 3.8) is 0 Å². The maximum absolute atomic E-state index is 12.4. The van der Waals surface area contributed by atoms with E-state index in [1.165, 1.54) is 4.90 Å². The molecule has 0 saturated carbocycles. The van der Waals surface area contributed by atoms with Crippen LogP contribution in [0.4, 0.5) is 13.2 Å². The molecule has 6 heteroatoms. The topological polar surface area (TPSA) is 32.3 Å². The van der Waals surface area contributed by atoms with Gasteiger partial charge in [0, 0.05) is 37.7 Å². The van der Waals surface area contributed by atoms with Gasteiger partial charge in [-0.3, -0.25) is 4.79 Å². The largest absolute Gasteiger partial charge is 0.412 e. The quantitative estimate of drug-likeness (QED) is 0.789. The normalized spacial score (nSPS) is 17.0. The van der Waals surface area contributed by atoms with E-state index in [2.05, 4.69) is 5.32 Å². The van der Waals surface area contributed by atoms with Crippen molar-refractivity contribution in [2.24, 2.45) is 0 Å². The zero-order valence-electron chi connectivity index (χ0n) is 10.7. The van der Waals surface area contributed by atoms with Crippen LogP contribution in [-0.2, 0) is 4.79 Å². The minimum atomic E-state index is -4.26. The summed E-state index contributed by atoms with van der Waals surface area (Å²) in [6.07, 6.45) is -2.92. The number of alkyl halides is 3. The fraction of sp³-hybridized carbons (Fsp3) is 0.750. The molecule has 18 heavy (non-hydrogen) atoms. The van der Waals surface area contributed by atoms with Gasteiger partial charge in [-0.1, -0.05) is 19.9 Å². The van der Waals surface area contributed by atoms with E-state index in [0.29, 0.717) is 19.0 Å². The van der Waals surface area contributed by atoms with E-state index in [4.69, 9.17) is 0 Å². The Morgan fingerprint density at radius 2 is 2.17 bits per heavy atom. The van der Waals surface area contributed by atoms with Crippen LogP contribution >= 0.6 is 0 Å². The molecule has 3 nitrogen and oxygen atoms in total. The molecule has 0 spiro atoms. The Morgan fingerprint density at radius 3 is 2.61 bits per heavy atom. The predicted molar refractivity (Wildman–Crippen MR) is 63.1 cm³/mol. The first-order chi connectivity index (χ1) is 8.30. The lowest BCUT2D eigenvalue weighted by molar-refractivity contribution is -0.132. The van der Waals surface area contributed by atoms with E-state index in [0.717, 1.165) is 6.08 Å². The van der Waals surface area contributed by atoms with Crippen molar-refractivity contribution in [2.45, 2.75) is 38.9 Å². The van der Waals surface area contributed by atoms with Crippen molar-refractivity contribution in [3.8, 4) is 0 Å². The second kappa shape index (κ2) is 6.22. The number of halogens is 3. The fourth-order valence-electron chi connectivity index (χ4n) is 1.78. The second-order valence-electron chi connectivity index (χ2n) is 4.68. The van der Waals surface area contributed by atoms with E-state index < -0.39 is 11.7 Å². The molecule has 0 aromatic heterocycles. The molecule has 104 valence electrons. The zero-order valence-corrected chi connectivity index (χ0v) is 10.7. The Morgan fingerprint density at radius 1 is 1.50 bits per heavy atom. The molecule has 1 aliphatic rings. The summed E-state index contributed by atoms with van der Waals surface area (Å²) in [5.41, 5.74) is -0.521. The van der Waals surface area contributed by atoms with Crippen LogP contribution in [0.3, 0.4) is 0 Å². The summed E-state index contributed by atoms with van der Waals surface area (Å²) in [6.45, 7) is 4.73. The van der Waals surface area contributed by atoms with Gasteiger partial charge >= 0.3 is 6.18 Å². The first-order valence-corrected chi connectivity index (χ1v) is 6.08. The molecule has 0 radical (unpaired) electrons. The van der Waals surface area contributed by atoms with Gasteiger partial charge in [0.25, 0.3) is 0 Å². The average molecular weight is 264 g/mol. The maximum Gasteiger partial charge on any atom is 0.412 e. The third-order valence-electron chi connectivity index (χ3n) is 2.82. The van der Waals surface area contributed by atoms with Gasteiger partial charge in [0.2, 0.25) is 5.91 Å². The summed E-state index contributed by atoms with van der Waals surface area (Å²) >= 11 is 0. The molecule has 0 bridgehead atoms. The Labute approximate surface area is 105 Å². The number of nitrogens with zero attached hydrogens (tertiary/aromatic N) is 1. The lowest BCUT2D eigenvalue weighted by Crippen LogP contribution is -2.38. The molecule has 1 N–H and O–H groups in total. The first-order valence-electron chi connectivity index (χ1n) is 6.08. The summed E-state index contributed by atoms with van der Waals surface area (Å²) in [5.74, 6) is -0.0966. The van der Waals surface area contributed by atoms with E-state index >= 15 is 0 Å². The maximum atomic E-state index is 12.4. The third kappa shape index (κ3) is 4.68. The van der Waals surface area contributed by atoms with Crippen LogP contribution < -0.4 is 5.32 Å². The summed E-state index contributed by atoms with van der Waals surface area (Å²) in [7, 11) is 0. The molecule has 1 heterocycles. The minimum Gasteiger partial charge on any atom is -0.339 e. The van der Waals surface area contributed by atoms with Gasteiger partial charge in [-0.15, -0.1) is 0 Å². The van der Waals surface area contributed by atoms with Gasteiger partial charge in [0.1, 0.15) is 0 Å². The molecule has 0 saturated heterocycles. The molecule has 0 unspecified atom stereocenters. The van der Waals surface area contributed by atoms with Crippen LogP contribution in [0.5, 0.6) is 0 Å². The van der Waals surface area contributed by atoms with Crippen molar-refractivity contribution in [2.75, 3.05) is 19.6 Å².